The van der Waals surface area contributed by atoms with Gasteiger partial charge in [0.1, 0.15) is 12.4 Å². The van der Waals surface area contributed by atoms with Crippen molar-refractivity contribution in [2.24, 2.45) is 0 Å². The number of carbonyl (C=O) groups is 1. The molecule has 0 saturated heterocycles. The number of nitrogens with one attached hydrogen (secondary N) is 3. The average molecular weight is 570 g/mol. The zero-order chi connectivity index (χ0) is 29.2. The van der Waals surface area contributed by atoms with Gasteiger partial charge in [-0.25, -0.2) is 4.79 Å². The molecular formula is C29H20F6N4O2. The summed E-state index contributed by atoms with van der Waals surface area (Å²) in [5.74, 6) is 0.251. The molecule has 0 bridgehead atoms. The number of nitrogens with zero attached hydrogens (tertiary/aromatic N) is 1. The first-order chi connectivity index (χ1) is 19.5. The van der Waals surface area contributed by atoms with Gasteiger partial charge in [-0.15, -0.1) is 0 Å². The van der Waals surface area contributed by atoms with E-state index in [4.69, 9.17) is 4.74 Å². The van der Waals surface area contributed by atoms with Gasteiger partial charge in [0.25, 0.3) is 0 Å². The summed E-state index contributed by atoms with van der Waals surface area (Å²) in [6.45, 7) is -0.640. The van der Waals surface area contributed by atoms with E-state index in [0.29, 0.717) is 22.7 Å². The molecule has 4 aromatic carbocycles. The topological polar surface area (TPSA) is 79.0 Å². The monoisotopic (exact) mass is 570 g/mol. The number of carbonyl (C=O) groups excluding carboxylic acids is 1. The third-order valence-electron chi connectivity index (χ3n) is 6.15. The van der Waals surface area contributed by atoms with E-state index >= 15 is 0 Å². The second-order valence-corrected chi connectivity index (χ2v) is 8.96. The summed E-state index contributed by atoms with van der Waals surface area (Å²) in [6.07, 6.45) is -9.94. The van der Waals surface area contributed by atoms with E-state index < -0.39 is 41.7 Å². The number of ether oxygens (including phenoxy) is 1. The molecule has 12 heteroatoms. The van der Waals surface area contributed by atoms with Gasteiger partial charge in [0.2, 0.25) is 0 Å². The van der Waals surface area contributed by atoms with Gasteiger partial charge in [-0.3, -0.25) is 10.4 Å². The molecule has 0 aliphatic heterocycles. The fourth-order valence-corrected chi connectivity index (χ4v) is 4.13. The number of aromatic nitrogens is 2. The number of hydrogen-bond donors (Lipinski definition) is 3. The maximum absolute atomic E-state index is 13.5. The van der Waals surface area contributed by atoms with E-state index in [1.807, 2.05) is 42.5 Å². The molecule has 41 heavy (non-hydrogen) atoms. The van der Waals surface area contributed by atoms with Crippen LogP contribution in [0.5, 0.6) is 5.75 Å². The van der Waals surface area contributed by atoms with Crippen molar-refractivity contribution >= 4 is 28.4 Å². The van der Waals surface area contributed by atoms with E-state index in [9.17, 15) is 31.1 Å². The predicted octanol–water partition coefficient (Wildman–Crippen LogP) is 8.49. The van der Waals surface area contributed by atoms with Crippen LogP contribution < -0.4 is 15.4 Å². The van der Waals surface area contributed by atoms with Crippen LogP contribution >= 0.6 is 0 Å². The van der Waals surface area contributed by atoms with Gasteiger partial charge in [-0.1, -0.05) is 48.5 Å². The van der Waals surface area contributed by atoms with Crippen LogP contribution in [-0.4, -0.2) is 16.2 Å². The Labute approximate surface area is 229 Å². The SMILES string of the molecule is O=C(Nc1ccc(-c2ccccc2)cc1)Nc1n[nH]c2ccc(OCc3ccc(C(F)(F)F)cc3C(F)(F)F)cc12. The average Bonchev–Trinajstić information content (AvgIpc) is 3.33. The van der Waals surface area contributed by atoms with E-state index in [2.05, 4.69) is 20.8 Å². The number of fused-ring (bicyclic) bond motifs is 1. The van der Waals surface area contributed by atoms with Crippen LogP contribution in [0.15, 0.2) is 91.0 Å². The molecule has 5 aromatic rings. The molecule has 1 aromatic heterocycles. The standard InChI is InChI=1S/C29H20F6N4O2/c30-28(31,32)20-9-6-19(24(14-20)29(33,34)35)16-41-22-12-13-25-23(15-22)26(39-38-25)37-27(40)36-21-10-7-18(8-11-21)17-4-2-1-3-5-17/h1-15H,16H2,(H3,36,37,38,39,40). The molecule has 0 aliphatic carbocycles. The second-order valence-electron chi connectivity index (χ2n) is 8.96. The molecule has 0 saturated carbocycles. The first kappa shape index (κ1) is 27.6. The van der Waals surface area contributed by atoms with Crippen molar-refractivity contribution in [2.45, 2.75) is 19.0 Å². The Morgan fingerprint density at radius 2 is 1.49 bits per heavy atom. The van der Waals surface area contributed by atoms with Crippen molar-refractivity contribution < 1.29 is 35.9 Å². The lowest BCUT2D eigenvalue weighted by molar-refractivity contribution is -0.143. The number of anilines is 2. The van der Waals surface area contributed by atoms with Gasteiger partial charge in [-0.05, 0) is 53.6 Å². The lowest BCUT2D eigenvalue weighted by atomic mass is 10.0. The Morgan fingerprint density at radius 1 is 0.780 bits per heavy atom. The van der Waals surface area contributed by atoms with Gasteiger partial charge in [0.05, 0.1) is 16.6 Å². The van der Waals surface area contributed by atoms with Crippen LogP contribution in [0.4, 0.5) is 42.6 Å². The van der Waals surface area contributed by atoms with Crippen LogP contribution in [0.1, 0.15) is 16.7 Å². The molecule has 0 radical (unpaired) electrons. The van der Waals surface area contributed by atoms with Crippen molar-refractivity contribution in [1.82, 2.24) is 10.2 Å². The summed E-state index contributed by atoms with van der Waals surface area (Å²) >= 11 is 0. The van der Waals surface area contributed by atoms with Gasteiger partial charge >= 0.3 is 18.4 Å². The summed E-state index contributed by atoms with van der Waals surface area (Å²) in [4.78, 5) is 12.6. The number of alkyl halides is 6. The summed E-state index contributed by atoms with van der Waals surface area (Å²) < 4.78 is 84.7. The minimum Gasteiger partial charge on any atom is -0.489 e. The summed E-state index contributed by atoms with van der Waals surface area (Å²) in [5, 5.41) is 12.5. The van der Waals surface area contributed by atoms with Crippen LogP contribution in [0.25, 0.3) is 22.0 Å². The van der Waals surface area contributed by atoms with Gasteiger partial charge in [0, 0.05) is 16.6 Å². The smallest absolute Gasteiger partial charge is 0.416 e. The van der Waals surface area contributed by atoms with Crippen molar-refractivity contribution in [2.75, 3.05) is 10.6 Å². The quantitative estimate of drug-likeness (QED) is 0.179. The number of halogens is 6. The Kier molecular flexibility index (Phi) is 7.31. The van der Waals surface area contributed by atoms with E-state index in [1.54, 1.807) is 18.2 Å². The maximum atomic E-state index is 13.5. The molecule has 3 N–H and O–H groups in total. The second kappa shape index (κ2) is 10.9. The Morgan fingerprint density at radius 3 is 2.17 bits per heavy atom. The van der Waals surface area contributed by atoms with Crippen molar-refractivity contribution in [3.63, 3.8) is 0 Å². The minimum atomic E-state index is -5.01. The molecule has 0 fully saturated rings. The number of benzene rings is 4. The molecule has 0 spiro atoms. The summed E-state index contributed by atoms with van der Waals surface area (Å²) in [7, 11) is 0. The minimum absolute atomic E-state index is 0.0633. The van der Waals surface area contributed by atoms with Crippen LogP contribution in [-0.2, 0) is 19.0 Å². The van der Waals surface area contributed by atoms with Crippen LogP contribution in [0.3, 0.4) is 0 Å². The van der Waals surface area contributed by atoms with Crippen LogP contribution in [0.2, 0.25) is 0 Å². The molecule has 0 atom stereocenters. The van der Waals surface area contributed by atoms with Crippen LogP contribution in [0, 0.1) is 0 Å². The third kappa shape index (κ3) is 6.43. The molecule has 1 heterocycles. The van der Waals surface area contributed by atoms with Crippen molar-refractivity contribution in [1.29, 1.82) is 0 Å². The third-order valence-corrected chi connectivity index (χ3v) is 6.15. The number of rotatable bonds is 6. The Balaban J connectivity index is 1.28. The number of H-pyrrole nitrogens is 1. The first-order valence-corrected chi connectivity index (χ1v) is 12.1. The highest BCUT2D eigenvalue weighted by atomic mass is 19.4. The Bertz CT molecular complexity index is 1680. The molecule has 2 amide bonds. The van der Waals surface area contributed by atoms with E-state index in [0.717, 1.165) is 17.2 Å². The highest BCUT2D eigenvalue weighted by Gasteiger charge is 2.38. The number of urea groups is 1. The zero-order valence-corrected chi connectivity index (χ0v) is 20.9. The Hall–Kier alpha value is -5.00. The van der Waals surface area contributed by atoms with E-state index in [1.165, 1.54) is 12.1 Å². The number of amides is 2. The highest BCUT2D eigenvalue weighted by Crippen LogP contribution is 2.38. The van der Waals surface area contributed by atoms with Gasteiger partial charge in [-0.2, -0.15) is 31.4 Å². The highest BCUT2D eigenvalue weighted by molar-refractivity contribution is 6.04. The molecular weight excluding hydrogens is 550 g/mol. The normalized spacial score (nSPS) is 11.9. The lowest BCUT2D eigenvalue weighted by Crippen LogP contribution is -2.19. The number of aromatic amines is 1. The molecule has 0 aliphatic rings. The molecule has 5 rings (SSSR count). The fourth-order valence-electron chi connectivity index (χ4n) is 4.13. The lowest BCUT2D eigenvalue weighted by Gasteiger charge is -2.16. The summed E-state index contributed by atoms with van der Waals surface area (Å²) in [5.41, 5.74) is -0.275. The first-order valence-electron chi connectivity index (χ1n) is 12.1. The van der Waals surface area contributed by atoms with Gasteiger partial charge in [0.15, 0.2) is 5.82 Å². The molecule has 0 unspecified atom stereocenters. The largest absolute Gasteiger partial charge is 0.489 e. The van der Waals surface area contributed by atoms with Crippen molar-refractivity contribution in [3.05, 3.63) is 108 Å². The molecule has 6 nitrogen and oxygen atoms in total. The number of hydrogen-bond acceptors (Lipinski definition) is 3. The van der Waals surface area contributed by atoms with Gasteiger partial charge < -0.3 is 10.1 Å². The maximum Gasteiger partial charge on any atom is 0.416 e. The zero-order valence-electron chi connectivity index (χ0n) is 20.9. The summed E-state index contributed by atoms with van der Waals surface area (Å²) in [6, 6.07) is 22.1. The predicted molar refractivity (Wildman–Crippen MR) is 141 cm³/mol. The fraction of sp³-hybridized carbons (Fsp3) is 0.103. The van der Waals surface area contributed by atoms with E-state index in [-0.39, 0.29) is 17.6 Å². The molecule has 210 valence electrons. The van der Waals surface area contributed by atoms with Crippen molar-refractivity contribution in [3.8, 4) is 16.9 Å².